The Hall–Kier alpha value is -0.860. The van der Waals surface area contributed by atoms with Crippen LogP contribution in [0.4, 0.5) is 0 Å². The van der Waals surface area contributed by atoms with E-state index >= 15 is 0 Å². The lowest BCUT2D eigenvalue weighted by atomic mass is 9.61. The summed E-state index contributed by atoms with van der Waals surface area (Å²) in [6, 6.07) is 11.2. The molecule has 3 unspecified atom stereocenters. The zero-order valence-corrected chi connectivity index (χ0v) is 11.8. The predicted molar refractivity (Wildman–Crippen MR) is 75.5 cm³/mol. The van der Waals surface area contributed by atoms with E-state index in [9.17, 15) is 0 Å². The third kappa shape index (κ3) is 2.60. The molecule has 18 heavy (non-hydrogen) atoms. The van der Waals surface area contributed by atoms with Crippen molar-refractivity contribution in [3.05, 3.63) is 35.9 Å². The SMILES string of the molecule is CCOC1CC(NCc2ccccc2)C1(C)CC. The van der Waals surface area contributed by atoms with E-state index in [1.54, 1.807) is 0 Å². The van der Waals surface area contributed by atoms with Gasteiger partial charge in [-0.1, -0.05) is 44.2 Å². The molecule has 100 valence electrons. The van der Waals surface area contributed by atoms with E-state index in [1.807, 2.05) is 0 Å². The van der Waals surface area contributed by atoms with Crippen LogP contribution >= 0.6 is 0 Å². The average Bonchev–Trinajstić information content (AvgIpc) is 2.42. The Kier molecular flexibility index (Phi) is 4.41. The fourth-order valence-electron chi connectivity index (χ4n) is 2.90. The monoisotopic (exact) mass is 247 g/mol. The Balaban J connectivity index is 1.88. The van der Waals surface area contributed by atoms with Crippen LogP contribution in [0.5, 0.6) is 0 Å². The summed E-state index contributed by atoms with van der Waals surface area (Å²) in [5, 5.41) is 3.69. The first-order valence-electron chi connectivity index (χ1n) is 7.09. The minimum absolute atomic E-state index is 0.296. The van der Waals surface area contributed by atoms with Gasteiger partial charge in [-0.15, -0.1) is 0 Å². The molecule has 1 saturated carbocycles. The van der Waals surface area contributed by atoms with E-state index in [1.165, 1.54) is 12.0 Å². The van der Waals surface area contributed by atoms with Gasteiger partial charge in [-0.2, -0.15) is 0 Å². The smallest absolute Gasteiger partial charge is 0.0658 e. The lowest BCUT2D eigenvalue weighted by molar-refractivity contribution is -0.126. The van der Waals surface area contributed by atoms with Gasteiger partial charge >= 0.3 is 0 Å². The quantitative estimate of drug-likeness (QED) is 0.832. The van der Waals surface area contributed by atoms with Crippen molar-refractivity contribution < 1.29 is 4.74 Å². The maximum atomic E-state index is 5.83. The van der Waals surface area contributed by atoms with Crippen LogP contribution in [-0.4, -0.2) is 18.8 Å². The van der Waals surface area contributed by atoms with E-state index in [-0.39, 0.29) is 0 Å². The summed E-state index contributed by atoms with van der Waals surface area (Å²) in [5.41, 5.74) is 1.65. The van der Waals surface area contributed by atoms with Crippen molar-refractivity contribution in [2.75, 3.05) is 6.61 Å². The second kappa shape index (κ2) is 5.85. The lowest BCUT2D eigenvalue weighted by Crippen LogP contribution is -2.61. The fraction of sp³-hybridized carbons (Fsp3) is 0.625. The topological polar surface area (TPSA) is 21.3 Å². The molecular weight excluding hydrogens is 222 g/mol. The van der Waals surface area contributed by atoms with Crippen molar-refractivity contribution in [3.8, 4) is 0 Å². The molecule has 1 aromatic carbocycles. The van der Waals surface area contributed by atoms with Crippen LogP contribution < -0.4 is 5.32 Å². The molecule has 0 spiro atoms. The van der Waals surface area contributed by atoms with E-state index in [2.05, 4.69) is 56.4 Å². The minimum atomic E-state index is 0.296. The van der Waals surface area contributed by atoms with Crippen LogP contribution in [0.1, 0.15) is 39.2 Å². The molecule has 0 aromatic heterocycles. The minimum Gasteiger partial charge on any atom is -0.378 e. The molecule has 1 aromatic rings. The van der Waals surface area contributed by atoms with E-state index in [0.29, 0.717) is 17.6 Å². The van der Waals surface area contributed by atoms with Gasteiger partial charge < -0.3 is 10.1 Å². The summed E-state index contributed by atoms with van der Waals surface area (Å²) in [4.78, 5) is 0. The third-order valence-electron chi connectivity index (χ3n) is 4.51. The summed E-state index contributed by atoms with van der Waals surface area (Å²) < 4.78 is 5.83. The molecule has 0 saturated heterocycles. The maximum absolute atomic E-state index is 5.83. The Morgan fingerprint density at radius 2 is 2.00 bits per heavy atom. The van der Waals surface area contributed by atoms with E-state index in [4.69, 9.17) is 4.74 Å². The standard InChI is InChI=1S/C16H25NO/c1-4-16(3)14(11-15(16)18-5-2)17-12-13-9-7-6-8-10-13/h6-10,14-15,17H,4-5,11-12H2,1-3H3. The highest BCUT2D eigenvalue weighted by atomic mass is 16.5. The van der Waals surface area contributed by atoms with E-state index in [0.717, 1.165) is 19.6 Å². The van der Waals surface area contributed by atoms with Crippen LogP contribution in [0.15, 0.2) is 30.3 Å². The average molecular weight is 247 g/mol. The van der Waals surface area contributed by atoms with Crippen LogP contribution in [0.25, 0.3) is 0 Å². The Morgan fingerprint density at radius 3 is 2.61 bits per heavy atom. The van der Waals surface area contributed by atoms with Crippen molar-refractivity contribution >= 4 is 0 Å². The molecule has 1 aliphatic carbocycles. The molecule has 0 aliphatic heterocycles. The van der Waals surface area contributed by atoms with Gasteiger partial charge in [0.25, 0.3) is 0 Å². The Labute approximate surface area is 111 Å². The first kappa shape index (κ1) is 13.6. The molecule has 0 radical (unpaired) electrons. The highest BCUT2D eigenvalue weighted by Crippen LogP contribution is 2.45. The summed E-state index contributed by atoms with van der Waals surface area (Å²) in [5.74, 6) is 0. The molecule has 0 heterocycles. The van der Waals surface area contributed by atoms with Gasteiger partial charge in [0.05, 0.1) is 6.10 Å². The zero-order valence-electron chi connectivity index (χ0n) is 11.8. The predicted octanol–water partition coefficient (Wildman–Crippen LogP) is 3.37. The van der Waals surface area contributed by atoms with Gasteiger partial charge in [-0.3, -0.25) is 0 Å². The molecule has 2 heteroatoms. The summed E-state index contributed by atoms with van der Waals surface area (Å²) in [6.45, 7) is 8.48. The molecule has 0 amide bonds. The van der Waals surface area contributed by atoms with Crippen molar-refractivity contribution in [1.29, 1.82) is 0 Å². The molecule has 2 rings (SSSR count). The Bertz CT molecular complexity index is 365. The van der Waals surface area contributed by atoms with Gasteiger partial charge in [0, 0.05) is 24.6 Å². The first-order valence-corrected chi connectivity index (χ1v) is 7.09. The second-order valence-electron chi connectivity index (χ2n) is 5.46. The van der Waals surface area contributed by atoms with Crippen LogP contribution in [0.3, 0.4) is 0 Å². The van der Waals surface area contributed by atoms with Crippen LogP contribution in [0, 0.1) is 5.41 Å². The molecule has 1 fully saturated rings. The fourth-order valence-corrected chi connectivity index (χ4v) is 2.90. The van der Waals surface area contributed by atoms with Crippen LogP contribution in [0.2, 0.25) is 0 Å². The number of ether oxygens (including phenoxy) is 1. The lowest BCUT2D eigenvalue weighted by Gasteiger charge is -2.53. The first-order chi connectivity index (χ1) is 8.70. The molecular formula is C16H25NO. The normalized spacial score (nSPS) is 31.1. The largest absolute Gasteiger partial charge is 0.378 e. The van der Waals surface area contributed by atoms with Gasteiger partial charge in [0.1, 0.15) is 0 Å². The zero-order chi connectivity index (χ0) is 13.0. The highest BCUT2D eigenvalue weighted by Gasteiger charge is 2.50. The number of rotatable bonds is 6. The molecule has 0 bridgehead atoms. The Morgan fingerprint density at radius 1 is 1.28 bits per heavy atom. The van der Waals surface area contributed by atoms with Gasteiger partial charge in [-0.25, -0.2) is 0 Å². The van der Waals surface area contributed by atoms with Crippen LogP contribution in [-0.2, 0) is 11.3 Å². The maximum Gasteiger partial charge on any atom is 0.0658 e. The molecule has 3 atom stereocenters. The number of nitrogens with one attached hydrogen (secondary N) is 1. The number of benzene rings is 1. The van der Waals surface area contributed by atoms with Crippen molar-refractivity contribution in [3.63, 3.8) is 0 Å². The molecule has 2 nitrogen and oxygen atoms in total. The van der Waals surface area contributed by atoms with E-state index < -0.39 is 0 Å². The van der Waals surface area contributed by atoms with Gasteiger partial charge in [0.2, 0.25) is 0 Å². The van der Waals surface area contributed by atoms with Gasteiger partial charge in [-0.05, 0) is 25.3 Å². The molecule has 1 N–H and O–H groups in total. The van der Waals surface area contributed by atoms with Crippen molar-refractivity contribution in [2.45, 2.75) is 52.3 Å². The number of hydrogen-bond acceptors (Lipinski definition) is 2. The summed E-state index contributed by atoms with van der Waals surface area (Å²) in [6.07, 6.45) is 2.75. The number of hydrogen-bond donors (Lipinski definition) is 1. The van der Waals surface area contributed by atoms with Crippen molar-refractivity contribution in [1.82, 2.24) is 5.32 Å². The highest BCUT2D eigenvalue weighted by molar-refractivity contribution is 5.15. The van der Waals surface area contributed by atoms with Crippen molar-refractivity contribution in [2.24, 2.45) is 5.41 Å². The second-order valence-corrected chi connectivity index (χ2v) is 5.46. The molecule has 1 aliphatic rings. The van der Waals surface area contributed by atoms with Gasteiger partial charge in [0.15, 0.2) is 0 Å². The summed E-state index contributed by atoms with van der Waals surface area (Å²) in [7, 11) is 0. The summed E-state index contributed by atoms with van der Waals surface area (Å²) >= 11 is 0. The third-order valence-corrected chi connectivity index (χ3v) is 4.51.